The molecule has 32 heavy (non-hydrogen) atoms. The molecule has 8 nitrogen and oxygen atoms in total. The van der Waals surface area contributed by atoms with Crippen LogP contribution in [0.15, 0.2) is 24.3 Å². The van der Waals surface area contributed by atoms with Gasteiger partial charge in [-0.1, -0.05) is 18.2 Å². The van der Waals surface area contributed by atoms with Crippen LogP contribution in [-0.4, -0.2) is 53.0 Å². The maximum atomic E-state index is 13.1. The van der Waals surface area contributed by atoms with Crippen LogP contribution < -0.4 is 9.64 Å². The Morgan fingerprint density at radius 2 is 1.97 bits per heavy atom. The predicted molar refractivity (Wildman–Crippen MR) is 119 cm³/mol. The van der Waals surface area contributed by atoms with E-state index in [9.17, 15) is 9.59 Å². The number of methoxy groups -OCH3 is 2. The predicted octanol–water partition coefficient (Wildman–Crippen LogP) is 2.97. The molecule has 3 heterocycles. The van der Waals surface area contributed by atoms with Crippen LogP contribution in [0.4, 0.5) is 5.82 Å². The minimum atomic E-state index is -0.916. The number of para-hydroxylation sites is 1. The van der Waals surface area contributed by atoms with Crippen LogP contribution in [0.25, 0.3) is 0 Å². The van der Waals surface area contributed by atoms with Crippen molar-refractivity contribution in [3.8, 4) is 5.75 Å². The Balaban J connectivity index is 1.69. The van der Waals surface area contributed by atoms with E-state index in [1.807, 2.05) is 36.1 Å². The fraction of sp³-hybridized carbons (Fsp3) is 0.500. The van der Waals surface area contributed by atoms with Crippen LogP contribution in [0.1, 0.15) is 55.4 Å². The average molecular weight is 439 g/mol. The van der Waals surface area contributed by atoms with E-state index in [1.54, 1.807) is 33.0 Å². The minimum Gasteiger partial charge on any atom is -0.496 e. The standard InChI is InChI=1S/C24H30N4O4/c1-15-17-13-20(29)28(14-16-9-6-7-11-19(16)31-4)22(17)26-21(25-15)18-10-8-12-27(18)23(30)24(2,3)32-5/h6-7,9,11,18H,8,10,12-14H2,1-5H3/t18-/m0/s1. The van der Waals surface area contributed by atoms with Crippen LogP contribution in [0, 0.1) is 6.92 Å². The Labute approximate surface area is 188 Å². The Morgan fingerprint density at radius 3 is 2.69 bits per heavy atom. The number of likely N-dealkylation sites (tertiary alicyclic amines) is 1. The number of anilines is 1. The third kappa shape index (κ3) is 3.83. The van der Waals surface area contributed by atoms with E-state index in [0.717, 1.165) is 35.4 Å². The van der Waals surface area contributed by atoms with Gasteiger partial charge >= 0.3 is 0 Å². The van der Waals surface area contributed by atoms with Crippen molar-refractivity contribution in [2.24, 2.45) is 0 Å². The fourth-order valence-corrected chi connectivity index (χ4v) is 4.42. The van der Waals surface area contributed by atoms with Gasteiger partial charge in [0.1, 0.15) is 17.2 Å². The lowest BCUT2D eigenvalue weighted by Crippen LogP contribution is -2.46. The van der Waals surface area contributed by atoms with Gasteiger partial charge in [0.15, 0.2) is 5.82 Å². The molecule has 0 bridgehead atoms. The number of hydrogen-bond donors (Lipinski definition) is 0. The second kappa shape index (κ2) is 8.50. The number of fused-ring (bicyclic) bond motifs is 1. The smallest absolute Gasteiger partial charge is 0.254 e. The van der Waals surface area contributed by atoms with Crippen LogP contribution in [-0.2, 0) is 27.3 Å². The highest BCUT2D eigenvalue weighted by Crippen LogP contribution is 2.37. The van der Waals surface area contributed by atoms with Crippen molar-refractivity contribution in [2.45, 2.75) is 58.2 Å². The molecule has 0 unspecified atom stereocenters. The van der Waals surface area contributed by atoms with Crippen LogP contribution in [0.2, 0.25) is 0 Å². The lowest BCUT2D eigenvalue weighted by molar-refractivity contribution is -0.152. The van der Waals surface area contributed by atoms with E-state index >= 15 is 0 Å². The number of carbonyl (C=O) groups excluding carboxylic acids is 2. The SMILES string of the molecule is COc1ccccc1CN1C(=O)Cc2c(C)nc([C@@H]3CCCN3C(=O)C(C)(C)OC)nc21. The number of aryl methyl sites for hydroxylation is 1. The molecular weight excluding hydrogens is 408 g/mol. The van der Waals surface area contributed by atoms with Crippen molar-refractivity contribution >= 4 is 17.6 Å². The van der Waals surface area contributed by atoms with E-state index in [4.69, 9.17) is 19.4 Å². The first kappa shape index (κ1) is 22.2. The van der Waals surface area contributed by atoms with Gasteiger partial charge in [0, 0.05) is 30.5 Å². The lowest BCUT2D eigenvalue weighted by atomic mass is 10.1. The maximum Gasteiger partial charge on any atom is 0.254 e. The van der Waals surface area contributed by atoms with E-state index in [-0.39, 0.29) is 24.3 Å². The normalized spacial score (nSPS) is 18.3. The quantitative estimate of drug-likeness (QED) is 0.689. The van der Waals surface area contributed by atoms with Gasteiger partial charge in [-0.15, -0.1) is 0 Å². The molecule has 0 aliphatic carbocycles. The van der Waals surface area contributed by atoms with Gasteiger partial charge in [0.25, 0.3) is 5.91 Å². The summed E-state index contributed by atoms with van der Waals surface area (Å²) < 4.78 is 10.9. The fourth-order valence-electron chi connectivity index (χ4n) is 4.42. The molecule has 2 amide bonds. The van der Waals surface area contributed by atoms with Crippen molar-refractivity contribution in [3.63, 3.8) is 0 Å². The van der Waals surface area contributed by atoms with Crippen LogP contribution in [0.3, 0.4) is 0 Å². The molecular formula is C24H30N4O4. The molecule has 1 fully saturated rings. The first-order chi connectivity index (χ1) is 15.3. The Morgan fingerprint density at radius 1 is 1.22 bits per heavy atom. The first-order valence-corrected chi connectivity index (χ1v) is 10.9. The zero-order valence-electron chi connectivity index (χ0n) is 19.3. The van der Waals surface area contributed by atoms with Crippen molar-refractivity contribution in [3.05, 3.63) is 46.9 Å². The van der Waals surface area contributed by atoms with Crippen molar-refractivity contribution in [2.75, 3.05) is 25.7 Å². The monoisotopic (exact) mass is 438 g/mol. The van der Waals surface area contributed by atoms with E-state index in [0.29, 0.717) is 24.7 Å². The topological polar surface area (TPSA) is 84.9 Å². The zero-order chi connectivity index (χ0) is 23.0. The summed E-state index contributed by atoms with van der Waals surface area (Å²) in [5.41, 5.74) is 1.63. The number of carbonyl (C=O) groups is 2. The van der Waals surface area contributed by atoms with Crippen molar-refractivity contribution in [1.82, 2.24) is 14.9 Å². The molecule has 1 aromatic carbocycles. The highest BCUT2D eigenvalue weighted by atomic mass is 16.5. The summed E-state index contributed by atoms with van der Waals surface area (Å²) in [6.45, 7) is 6.46. The van der Waals surface area contributed by atoms with Gasteiger partial charge in [-0.2, -0.15) is 0 Å². The maximum absolute atomic E-state index is 13.1. The Hall–Kier alpha value is -3.00. The summed E-state index contributed by atoms with van der Waals surface area (Å²) in [6, 6.07) is 7.43. The van der Waals surface area contributed by atoms with Crippen LogP contribution >= 0.6 is 0 Å². The molecule has 4 rings (SSSR count). The van der Waals surface area contributed by atoms with E-state index < -0.39 is 5.60 Å². The lowest BCUT2D eigenvalue weighted by Gasteiger charge is -2.32. The highest BCUT2D eigenvalue weighted by Gasteiger charge is 2.41. The summed E-state index contributed by atoms with van der Waals surface area (Å²) in [5.74, 6) is 1.85. The number of aromatic nitrogens is 2. The molecule has 1 aromatic heterocycles. The summed E-state index contributed by atoms with van der Waals surface area (Å²) in [4.78, 5) is 39.1. The second-order valence-corrected chi connectivity index (χ2v) is 8.81. The molecule has 0 spiro atoms. The Kier molecular flexibility index (Phi) is 5.90. The van der Waals surface area contributed by atoms with E-state index in [1.165, 1.54) is 0 Å². The summed E-state index contributed by atoms with van der Waals surface area (Å²) in [6.07, 6.45) is 1.93. The first-order valence-electron chi connectivity index (χ1n) is 10.9. The van der Waals surface area contributed by atoms with Gasteiger partial charge in [-0.3, -0.25) is 14.5 Å². The van der Waals surface area contributed by atoms with E-state index in [2.05, 4.69) is 0 Å². The van der Waals surface area contributed by atoms with Crippen molar-refractivity contribution in [1.29, 1.82) is 0 Å². The largest absolute Gasteiger partial charge is 0.496 e. The van der Waals surface area contributed by atoms with Gasteiger partial charge in [-0.05, 0) is 39.7 Å². The number of benzene rings is 1. The molecule has 2 aliphatic rings. The van der Waals surface area contributed by atoms with Gasteiger partial charge in [0.05, 0.1) is 26.1 Å². The zero-order valence-corrected chi connectivity index (χ0v) is 19.3. The summed E-state index contributed by atoms with van der Waals surface area (Å²) in [7, 11) is 3.16. The van der Waals surface area contributed by atoms with Gasteiger partial charge in [-0.25, -0.2) is 9.97 Å². The van der Waals surface area contributed by atoms with Crippen LogP contribution in [0.5, 0.6) is 5.75 Å². The highest BCUT2D eigenvalue weighted by molar-refractivity contribution is 6.00. The molecule has 0 N–H and O–H groups in total. The van der Waals surface area contributed by atoms with Gasteiger partial charge < -0.3 is 14.4 Å². The molecule has 1 atom stereocenters. The molecule has 0 radical (unpaired) electrons. The molecule has 0 saturated carbocycles. The number of rotatable bonds is 6. The Bertz CT molecular complexity index is 1050. The molecule has 8 heteroatoms. The number of amides is 2. The number of ether oxygens (including phenoxy) is 2. The number of nitrogens with zero attached hydrogens (tertiary/aromatic N) is 4. The average Bonchev–Trinajstić information content (AvgIpc) is 3.39. The second-order valence-electron chi connectivity index (χ2n) is 8.81. The van der Waals surface area contributed by atoms with Gasteiger partial charge in [0.2, 0.25) is 5.91 Å². The minimum absolute atomic E-state index is 0.0136. The molecule has 170 valence electrons. The summed E-state index contributed by atoms with van der Waals surface area (Å²) >= 11 is 0. The third-order valence-electron chi connectivity index (χ3n) is 6.45. The molecule has 2 aliphatic heterocycles. The van der Waals surface area contributed by atoms with Crippen molar-refractivity contribution < 1.29 is 19.1 Å². The molecule has 2 aromatic rings. The molecule has 1 saturated heterocycles. The third-order valence-corrected chi connectivity index (χ3v) is 6.45. The number of hydrogen-bond acceptors (Lipinski definition) is 6. The summed E-state index contributed by atoms with van der Waals surface area (Å²) in [5, 5.41) is 0.